The number of rotatable bonds is 5. The van der Waals surface area contributed by atoms with Crippen LogP contribution in [0.4, 0.5) is 11.4 Å². The molecule has 0 spiro atoms. The third-order valence-corrected chi connectivity index (χ3v) is 2.54. The van der Waals surface area contributed by atoms with Crippen LogP contribution in [-0.2, 0) is 4.79 Å². The van der Waals surface area contributed by atoms with Crippen LogP contribution < -0.4 is 10.6 Å². The van der Waals surface area contributed by atoms with Crippen molar-refractivity contribution in [2.75, 3.05) is 10.6 Å². The summed E-state index contributed by atoms with van der Waals surface area (Å²) in [7, 11) is 0. The highest BCUT2D eigenvalue weighted by atomic mass is 16.1. The van der Waals surface area contributed by atoms with E-state index in [0.717, 1.165) is 24.2 Å². The minimum absolute atomic E-state index is 0.0420. The first kappa shape index (κ1) is 12.6. The number of hydrogen-bond donors (Lipinski definition) is 2. The van der Waals surface area contributed by atoms with Crippen LogP contribution in [0.25, 0.3) is 0 Å². The van der Waals surface area contributed by atoms with E-state index in [4.69, 9.17) is 0 Å². The summed E-state index contributed by atoms with van der Waals surface area (Å²) in [6.45, 7) is 5.85. The average molecular weight is 220 g/mol. The zero-order valence-corrected chi connectivity index (χ0v) is 10.2. The number of amides is 1. The Morgan fingerprint density at radius 1 is 1.25 bits per heavy atom. The Balaban J connectivity index is 2.70. The first-order valence-electron chi connectivity index (χ1n) is 5.79. The molecule has 2 N–H and O–H groups in total. The van der Waals surface area contributed by atoms with E-state index in [1.807, 2.05) is 24.3 Å². The number of carbonyl (C=O) groups is 1. The normalized spacial score (nSPS) is 10.2. The van der Waals surface area contributed by atoms with Crippen molar-refractivity contribution in [1.29, 1.82) is 0 Å². The molecule has 0 bridgehead atoms. The summed E-state index contributed by atoms with van der Waals surface area (Å²) in [5, 5.41) is 6.22. The van der Waals surface area contributed by atoms with Crippen LogP contribution >= 0.6 is 0 Å². The van der Waals surface area contributed by atoms with Crippen LogP contribution in [0.15, 0.2) is 24.3 Å². The average Bonchev–Trinajstić information content (AvgIpc) is 2.25. The van der Waals surface area contributed by atoms with Crippen molar-refractivity contribution in [2.45, 2.75) is 39.7 Å². The smallest absolute Gasteiger partial charge is 0.221 e. The highest BCUT2D eigenvalue weighted by molar-refractivity contribution is 5.89. The Hall–Kier alpha value is -1.51. The molecule has 1 aromatic rings. The molecule has 0 saturated carbocycles. The fourth-order valence-corrected chi connectivity index (χ4v) is 1.62. The van der Waals surface area contributed by atoms with Gasteiger partial charge in [-0.25, -0.2) is 0 Å². The van der Waals surface area contributed by atoms with Crippen molar-refractivity contribution in [3.05, 3.63) is 24.3 Å². The Bertz CT molecular complexity index is 346. The van der Waals surface area contributed by atoms with Gasteiger partial charge < -0.3 is 10.6 Å². The molecule has 0 aromatic heterocycles. The van der Waals surface area contributed by atoms with Crippen molar-refractivity contribution >= 4 is 17.3 Å². The molecule has 16 heavy (non-hydrogen) atoms. The van der Waals surface area contributed by atoms with Crippen molar-refractivity contribution in [2.24, 2.45) is 0 Å². The van der Waals surface area contributed by atoms with Crippen LogP contribution in [0.2, 0.25) is 0 Å². The number of carbonyl (C=O) groups excluding carboxylic acids is 1. The molecule has 88 valence electrons. The Labute approximate surface area is 97.2 Å². The zero-order valence-electron chi connectivity index (χ0n) is 10.2. The molecule has 0 fully saturated rings. The van der Waals surface area contributed by atoms with E-state index in [-0.39, 0.29) is 5.91 Å². The van der Waals surface area contributed by atoms with E-state index in [1.54, 1.807) is 0 Å². The van der Waals surface area contributed by atoms with Gasteiger partial charge in [0.2, 0.25) is 5.91 Å². The highest BCUT2D eigenvalue weighted by Crippen LogP contribution is 2.17. The van der Waals surface area contributed by atoms with E-state index < -0.39 is 0 Å². The second-order valence-electron chi connectivity index (χ2n) is 3.92. The Morgan fingerprint density at radius 2 is 1.88 bits per heavy atom. The summed E-state index contributed by atoms with van der Waals surface area (Å²) < 4.78 is 0. The number of hydrogen-bond acceptors (Lipinski definition) is 2. The quantitative estimate of drug-likeness (QED) is 0.799. The highest BCUT2D eigenvalue weighted by Gasteiger charge is 2.03. The van der Waals surface area contributed by atoms with Gasteiger partial charge in [0.25, 0.3) is 0 Å². The standard InChI is InChI=1S/C13H20N2O/c1-4-11(5-2)15-13-8-6-7-12(9-13)14-10(3)16/h6-9,11,15H,4-5H2,1-3H3,(H,14,16). The molecule has 0 aliphatic carbocycles. The molecule has 0 aliphatic rings. The predicted octanol–water partition coefficient (Wildman–Crippen LogP) is 3.25. The van der Waals surface area contributed by atoms with Crippen molar-refractivity contribution in [3.8, 4) is 0 Å². The van der Waals surface area contributed by atoms with Crippen molar-refractivity contribution < 1.29 is 4.79 Å². The molecule has 0 atom stereocenters. The van der Waals surface area contributed by atoms with Gasteiger partial charge in [-0.15, -0.1) is 0 Å². The SMILES string of the molecule is CCC(CC)Nc1cccc(NC(C)=O)c1. The summed E-state index contributed by atoms with van der Waals surface area (Å²) in [4.78, 5) is 10.9. The molecule has 0 heterocycles. The molecule has 0 radical (unpaired) electrons. The Kier molecular flexibility index (Phi) is 4.83. The fourth-order valence-electron chi connectivity index (χ4n) is 1.62. The maximum Gasteiger partial charge on any atom is 0.221 e. The first-order chi connectivity index (χ1) is 7.65. The molecule has 3 heteroatoms. The van der Waals surface area contributed by atoms with Gasteiger partial charge in [0.05, 0.1) is 0 Å². The molecule has 1 aromatic carbocycles. The van der Waals surface area contributed by atoms with Gasteiger partial charge in [-0.05, 0) is 31.0 Å². The monoisotopic (exact) mass is 220 g/mol. The lowest BCUT2D eigenvalue weighted by Crippen LogP contribution is -2.17. The summed E-state index contributed by atoms with van der Waals surface area (Å²) >= 11 is 0. The van der Waals surface area contributed by atoms with Gasteiger partial charge >= 0.3 is 0 Å². The van der Waals surface area contributed by atoms with Crippen LogP contribution in [0.3, 0.4) is 0 Å². The Morgan fingerprint density at radius 3 is 2.44 bits per heavy atom. The second-order valence-corrected chi connectivity index (χ2v) is 3.92. The van der Waals surface area contributed by atoms with Gasteiger partial charge in [-0.2, -0.15) is 0 Å². The van der Waals surface area contributed by atoms with Gasteiger partial charge in [0, 0.05) is 24.3 Å². The number of anilines is 2. The zero-order chi connectivity index (χ0) is 12.0. The summed E-state index contributed by atoms with van der Waals surface area (Å²) in [5.74, 6) is -0.0420. The lowest BCUT2D eigenvalue weighted by atomic mass is 10.1. The molecule has 1 rings (SSSR count). The number of nitrogens with one attached hydrogen (secondary N) is 2. The third kappa shape index (κ3) is 3.93. The summed E-state index contributed by atoms with van der Waals surface area (Å²) in [6.07, 6.45) is 2.20. The van der Waals surface area contributed by atoms with Crippen LogP contribution in [0.1, 0.15) is 33.6 Å². The van der Waals surface area contributed by atoms with Crippen LogP contribution in [0.5, 0.6) is 0 Å². The second kappa shape index (κ2) is 6.16. The van der Waals surface area contributed by atoms with Crippen LogP contribution in [0, 0.1) is 0 Å². The molecule has 0 unspecified atom stereocenters. The van der Waals surface area contributed by atoms with E-state index in [2.05, 4.69) is 24.5 Å². The van der Waals surface area contributed by atoms with Gasteiger partial charge in [-0.3, -0.25) is 4.79 Å². The van der Waals surface area contributed by atoms with Crippen molar-refractivity contribution in [1.82, 2.24) is 0 Å². The first-order valence-corrected chi connectivity index (χ1v) is 5.79. The topological polar surface area (TPSA) is 41.1 Å². The number of benzene rings is 1. The van der Waals surface area contributed by atoms with E-state index in [1.165, 1.54) is 6.92 Å². The maximum absolute atomic E-state index is 10.9. The third-order valence-electron chi connectivity index (χ3n) is 2.54. The molecule has 1 amide bonds. The predicted molar refractivity (Wildman–Crippen MR) is 68.7 cm³/mol. The largest absolute Gasteiger partial charge is 0.382 e. The minimum Gasteiger partial charge on any atom is -0.382 e. The van der Waals surface area contributed by atoms with Crippen LogP contribution in [-0.4, -0.2) is 11.9 Å². The lowest BCUT2D eigenvalue weighted by Gasteiger charge is -2.16. The van der Waals surface area contributed by atoms with Gasteiger partial charge in [-0.1, -0.05) is 19.9 Å². The van der Waals surface area contributed by atoms with E-state index in [0.29, 0.717) is 6.04 Å². The van der Waals surface area contributed by atoms with E-state index in [9.17, 15) is 4.79 Å². The summed E-state index contributed by atoms with van der Waals surface area (Å²) in [5.41, 5.74) is 1.89. The molecular weight excluding hydrogens is 200 g/mol. The molecular formula is C13H20N2O. The minimum atomic E-state index is -0.0420. The fraction of sp³-hybridized carbons (Fsp3) is 0.462. The maximum atomic E-state index is 10.9. The molecule has 3 nitrogen and oxygen atoms in total. The lowest BCUT2D eigenvalue weighted by molar-refractivity contribution is -0.114. The summed E-state index contributed by atoms with van der Waals surface area (Å²) in [6, 6.07) is 8.30. The molecule has 0 saturated heterocycles. The van der Waals surface area contributed by atoms with Gasteiger partial charge in [0.15, 0.2) is 0 Å². The van der Waals surface area contributed by atoms with E-state index >= 15 is 0 Å². The van der Waals surface area contributed by atoms with Crippen molar-refractivity contribution in [3.63, 3.8) is 0 Å². The molecule has 0 aliphatic heterocycles. The van der Waals surface area contributed by atoms with Gasteiger partial charge in [0.1, 0.15) is 0 Å².